The van der Waals surface area contributed by atoms with Crippen LogP contribution in [0.3, 0.4) is 0 Å². The van der Waals surface area contributed by atoms with Crippen LogP contribution in [-0.4, -0.2) is 19.1 Å². The van der Waals surface area contributed by atoms with Crippen LogP contribution in [0.15, 0.2) is 146 Å². The van der Waals surface area contributed by atoms with Gasteiger partial charge in [-0.25, -0.2) is 4.98 Å². The molecule has 0 N–H and O–H groups in total. The molecule has 9 rings (SSSR count). The first-order valence-corrected chi connectivity index (χ1v) is 15.6. The topological polar surface area (TPSA) is 83.2 Å². The molecule has 0 radical (unpaired) electrons. The maximum Gasteiger partial charge on any atom is 0.140 e. The number of benzene rings is 5. The number of para-hydroxylation sites is 2. The molecular weight excluding hydrogens is 589 g/mol. The lowest BCUT2D eigenvalue weighted by atomic mass is 9.94. The molecule has 0 fully saturated rings. The van der Waals surface area contributed by atoms with E-state index in [0.29, 0.717) is 11.1 Å². The van der Waals surface area contributed by atoms with Crippen LogP contribution < -0.4 is 0 Å². The van der Waals surface area contributed by atoms with E-state index >= 15 is 0 Å². The molecule has 0 atom stereocenters. The lowest BCUT2D eigenvalue weighted by Crippen LogP contribution is -2.04. The Bertz CT molecular complexity index is 2770. The Kier molecular flexibility index (Phi) is 6.15. The van der Waals surface area contributed by atoms with E-state index in [1.54, 1.807) is 0 Å². The van der Waals surface area contributed by atoms with Crippen molar-refractivity contribution in [3.8, 4) is 46.0 Å². The highest BCUT2D eigenvalue weighted by atomic mass is 15.1. The SMILES string of the molecule is N#Cc1cccc(-c2ccccc2-c2cc(-n3c4ccccc4c4cc(C#N)ccc43)nc(-n3c4ccccc4c4ccncc43)c2)c1. The minimum absolute atomic E-state index is 0.609. The van der Waals surface area contributed by atoms with Crippen molar-refractivity contribution in [1.29, 1.82) is 10.5 Å². The molecule has 4 aromatic heterocycles. The summed E-state index contributed by atoms with van der Waals surface area (Å²) in [6.45, 7) is 0. The van der Waals surface area contributed by atoms with Gasteiger partial charge in [-0.05, 0) is 82.9 Å². The van der Waals surface area contributed by atoms with E-state index in [4.69, 9.17) is 4.98 Å². The van der Waals surface area contributed by atoms with Crippen LogP contribution in [0.25, 0.3) is 77.5 Å². The highest BCUT2D eigenvalue weighted by Gasteiger charge is 2.20. The van der Waals surface area contributed by atoms with Crippen molar-refractivity contribution >= 4 is 43.6 Å². The van der Waals surface area contributed by atoms with Crippen molar-refractivity contribution < 1.29 is 0 Å². The predicted molar refractivity (Wildman–Crippen MR) is 191 cm³/mol. The Balaban J connectivity index is 1.40. The second kappa shape index (κ2) is 10.8. The van der Waals surface area contributed by atoms with Crippen LogP contribution in [0.5, 0.6) is 0 Å². The van der Waals surface area contributed by atoms with Crippen LogP contribution >= 0.6 is 0 Å². The molecule has 222 valence electrons. The number of nitrogens with zero attached hydrogens (tertiary/aromatic N) is 6. The van der Waals surface area contributed by atoms with Crippen LogP contribution in [0.2, 0.25) is 0 Å². The number of fused-ring (bicyclic) bond motifs is 6. The number of hydrogen-bond acceptors (Lipinski definition) is 4. The zero-order valence-electron chi connectivity index (χ0n) is 25.5. The number of hydrogen-bond donors (Lipinski definition) is 0. The van der Waals surface area contributed by atoms with E-state index < -0.39 is 0 Å². The standard InChI is InChI=1S/C42H24N6/c43-24-27-8-7-9-29(20-27)31-10-1-2-11-32(31)30-22-41(47-38-15-6-4-13-34(38)36-21-28(25-44)16-17-39(36)47)46-42(23-30)48-37-14-5-3-12-33(37)35-18-19-45-26-40(35)48/h1-23,26H. The zero-order chi connectivity index (χ0) is 32.2. The summed E-state index contributed by atoms with van der Waals surface area (Å²) in [7, 11) is 0. The summed E-state index contributed by atoms with van der Waals surface area (Å²) < 4.78 is 4.37. The first-order valence-electron chi connectivity index (χ1n) is 15.6. The third kappa shape index (κ3) is 4.18. The Morgan fingerprint density at radius 3 is 1.77 bits per heavy atom. The van der Waals surface area contributed by atoms with Gasteiger partial charge in [-0.1, -0.05) is 72.8 Å². The van der Waals surface area contributed by atoms with Gasteiger partial charge in [0.2, 0.25) is 0 Å². The Morgan fingerprint density at radius 1 is 0.458 bits per heavy atom. The highest BCUT2D eigenvalue weighted by molar-refractivity contribution is 6.10. The molecule has 0 aliphatic rings. The fourth-order valence-electron chi connectivity index (χ4n) is 6.98. The van der Waals surface area contributed by atoms with Gasteiger partial charge in [0.1, 0.15) is 11.6 Å². The van der Waals surface area contributed by atoms with Gasteiger partial charge in [-0.2, -0.15) is 10.5 Å². The number of rotatable bonds is 4. The minimum atomic E-state index is 0.609. The first kappa shape index (κ1) is 27.3. The number of aromatic nitrogens is 4. The summed E-state index contributed by atoms with van der Waals surface area (Å²) in [5.41, 5.74) is 9.15. The van der Waals surface area contributed by atoms with Gasteiger partial charge in [0.25, 0.3) is 0 Å². The van der Waals surface area contributed by atoms with Crippen LogP contribution in [0.1, 0.15) is 11.1 Å². The van der Waals surface area contributed by atoms with Crippen molar-refractivity contribution in [1.82, 2.24) is 19.1 Å². The summed E-state index contributed by atoms with van der Waals surface area (Å²) >= 11 is 0. The average molecular weight is 613 g/mol. The molecule has 5 aromatic carbocycles. The van der Waals surface area contributed by atoms with Crippen LogP contribution in [0, 0.1) is 22.7 Å². The smallest absolute Gasteiger partial charge is 0.140 e. The molecule has 9 aromatic rings. The molecule has 6 heteroatoms. The lowest BCUT2D eigenvalue weighted by Gasteiger charge is -2.16. The molecule has 0 spiro atoms. The monoisotopic (exact) mass is 612 g/mol. The fourth-order valence-corrected chi connectivity index (χ4v) is 6.98. The first-order chi connectivity index (χ1) is 23.7. The van der Waals surface area contributed by atoms with Gasteiger partial charge in [0, 0.05) is 27.7 Å². The second-order valence-electron chi connectivity index (χ2n) is 11.8. The minimum Gasteiger partial charge on any atom is -0.294 e. The molecule has 0 saturated heterocycles. The van der Waals surface area contributed by atoms with Gasteiger partial charge in [0.15, 0.2) is 0 Å². The third-order valence-electron chi connectivity index (χ3n) is 9.07. The van der Waals surface area contributed by atoms with E-state index in [-0.39, 0.29) is 0 Å². The maximum absolute atomic E-state index is 9.73. The molecule has 48 heavy (non-hydrogen) atoms. The summed E-state index contributed by atoms with van der Waals surface area (Å²) in [6, 6.07) is 49.3. The van der Waals surface area contributed by atoms with E-state index in [9.17, 15) is 10.5 Å². The lowest BCUT2D eigenvalue weighted by molar-refractivity contribution is 1.01. The van der Waals surface area contributed by atoms with E-state index in [1.165, 1.54) is 0 Å². The van der Waals surface area contributed by atoms with Crippen molar-refractivity contribution in [2.24, 2.45) is 0 Å². The molecule has 4 heterocycles. The van der Waals surface area contributed by atoms with E-state index in [2.05, 4.69) is 86.9 Å². The number of pyridine rings is 2. The zero-order valence-corrected chi connectivity index (χ0v) is 25.5. The molecular formula is C42H24N6. The van der Waals surface area contributed by atoms with Gasteiger partial charge in [-0.3, -0.25) is 14.1 Å². The molecule has 6 nitrogen and oxygen atoms in total. The van der Waals surface area contributed by atoms with Gasteiger partial charge >= 0.3 is 0 Å². The Morgan fingerprint density at radius 2 is 1.04 bits per heavy atom. The van der Waals surface area contributed by atoms with Gasteiger partial charge < -0.3 is 0 Å². The normalized spacial score (nSPS) is 11.3. The van der Waals surface area contributed by atoms with Crippen molar-refractivity contribution in [3.63, 3.8) is 0 Å². The molecule has 0 saturated carbocycles. The maximum atomic E-state index is 9.73. The largest absolute Gasteiger partial charge is 0.294 e. The quantitative estimate of drug-likeness (QED) is 0.198. The van der Waals surface area contributed by atoms with Crippen LogP contribution in [-0.2, 0) is 0 Å². The van der Waals surface area contributed by atoms with Gasteiger partial charge in [-0.15, -0.1) is 0 Å². The summed E-state index contributed by atoms with van der Waals surface area (Å²) in [6.07, 6.45) is 3.72. The number of nitriles is 2. The van der Waals surface area contributed by atoms with Crippen LogP contribution in [0.4, 0.5) is 0 Å². The Labute approximate surface area is 275 Å². The van der Waals surface area contributed by atoms with Crippen molar-refractivity contribution in [2.45, 2.75) is 0 Å². The van der Waals surface area contributed by atoms with Gasteiger partial charge in [0.05, 0.1) is 51.5 Å². The molecule has 0 aliphatic heterocycles. The highest BCUT2D eigenvalue weighted by Crippen LogP contribution is 2.38. The van der Waals surface area contributed by atoms with E-state index in [1.807, 2.05) is 85.2 Å². The molecule has 0 aliphatic carbocycles. The predicted octanol–water partition coefficient (Wildman–Crippen LogP) is 9.75. The van der Waals surface area contributed by atoms with E-state index in [0.717, 1.165) is 77.5 Å². The second-order valence-corrected chi connectivity index (χ2v) is 11.8. The third-order valence-corrected chi connectivity index (χ3v) is 9.07. The summed E-state index contributed by atoms with van der Waals surface area (Å²) in [5, 5.41) is 23.7. The Hall–Kier alpha value is -7.02. The molecule has 0 unspecified atom stereocenters. The van der Waals surface area contributed by atoms with Crippen molar-refractivity contribution in [3.05, 3.63) is 157 Å². The van der Waals surface area contributed by atoms with Crippen molar-refractivity contribution in [2.75, 3.05) is 0 Å². The summed E-state index contributed by atoms with van der Waals surface area (Å²) in [4.78, 5) is 9.92. The molecule has 0 amide bonds. The molecule has 0 bridgehead atoms. The average Bonchev–Trinajstić information content (AvgIpc) is 3.67. The summed E-state index contributed by atoms with van der Waals surface area (Å²) in [5.74, 6) is 1.50. The fraction of sp³-hybridized carbons (Fsp3) is 0.